The van der Waals surface area contributed by atoms with Gasteiger partial charge in [-0.2, -0.15) is 0 Å². The summed E-state index contributed by atoms with van der Waals surface area (Å²) in [6.07, 6.45) is 1.39. The number of hydrogen-bond acceptors (Lipinski definition) is 1. The third-order valence-electron chi connectivity index (χ3n) is 2.87. The Morgan fingerprint density at radius 1 is 0.870 bits per heavy atom. The minimum atomic E-state index is -2.24. The molecule has 1 unspecified atom stereocenters. The molecule has 0 saturated carbocycles. The van der Waals surface area contributed by atoms with Crippen molar-refractivity contribution in [2.45, 2.75) is 5.75 Å². The summed E-state index contributed by atoms with van der Waals surface area (Å²) in [7, 11) is 0. The summed E-state index contributed by atoms with van der Waals surface area (Å²) in [5.41, 5.74) is -0.499. The zero-order chi connectivity index (χ0) is 17.1. The van der Waals surface area contributed by atoms with Crippen molar-refractivity contribution < 1.29 is 26.5 Å². The van der Waals surface area contributed by atoms with Crippen LogP contribution in [0.15, 0.2) is 29.7 Å². The van der Waals surface area contributed by atoms with Crippen LogP contribution in [0.4, 0.5) is 22.0 Å². The van der Waals surface area contributed by atoms with Crippen molar-refractivity contribution in [1.82, 2.24) is 0 Å². The van der Waals surface area contributed by atoms with E-state index < -0.39 is 51.6 Å². The predicted octanol–water partition coefficient (Wildman–Crippen LogP) is 4.96. The SMILES string of the molecule is [O-][S+](/C=C/c1ccc(Cl)cc1)Cc1c(F)c(F)c(F)c(F)c1F. The number of rotatable bonds is 4. The number of hydrogen-bond donors (Lipinski definition) is 0. The van der Waals surface area contributed by atoms with Gasteiger partial charge in [-0.05, 0) is 34.9 Å². The summed E-state index contributed by atoms with van der Waals surface area (Å²) in [6, 6.07) is 6.37. The Labute approximate surface area is 136 Å². The van der Waals surface area contributed by atoms with Crippen molar-refractivity contribution in [2.75, 3.05) is 0 Å². The molecule has 0 radical (unpaired) electrons. The second-order valence-electron chi connectivity index (χ2n) is 4.43. The molecular weight excluding hydrogens is 359 g/mol. The molecule has 8 heteroatoms. The van der Waals surface area contributed by atoms with E-state index in [0.717, 1.165) is 5.41 Å². The summed E-state index contributed by atoms with van der Waals surface area (Å²) >= 11 is 3.72. The van der Waals surface area contributed by atoms with Gasteiger partial charge < -0.3 is 4.55 Å². The minimum absolute atomic E-state index is 0.490. The standard InChI is InChI=1S/C15H8ClF5OS/c16-9-3-1-8(2-4-9)5-6-23(22)7-10-11(17)13(19)15(21)14(20)12(10)18/h1-6H,7H2/b6-5+. The van der Waals surface area contributed by atoms with E-state index in [1.165, 1.54) is 6.08 Å². The van der Waals surface area contributed by atoms with Crippen LogP contribution < -0.4 is 0 Å². The average Bonchev–Trinajstić information content (AvgIpc) is 2.54. The lowest BCUT2D eigenvalue weighted by atomic mass is 10.2. The van der Waals surface area contributed by atoms with Gasteiger partial charge in [0.1, 0.15) is 11.2 Å². The minimum Gasteiger partial charge on any atom is -0.612 e. The quantitative estimate of drug-likeness (QED) is 0.325. The zero-order valence-corrected chi connectivity index (χ0v) is 12.8. The molecule has 0 aromatic heterocycles. The smallest absolute Gasteiger partial charge is 0.200 e. The Morgan fingerprint density at radius 3 is 1.87 bits per heavy atom. The Kier molecular flexibility index (Phi) is 5.67. The second kappa shape index (κ2) is 7.33. The second-order valence-corrected chi connectivity index (χ2v) is 6.19. The van der Waals surface area contributed by atoms with Gasteiger partial charge >= 0.3 is 0 Å². The van der Waals surface area contributed by atoms with Crippen LogP contribution in [-0.4, -0.2) is 4.55 Å². The molecule has 1 nitrogen and oxygen atoms in total. The van der Waals surface area contributed by atoms with Crippen LogP contribution in [0, 0.1) is 29.1 Å². The summed E-state index contributed by atoms with van der Waals surface area (Å²) in [4.78, 5) is 0. The maximum absolute atomic E-state index is 13.5. The van der Waals surface area contributed by atoms with Gasteiger partial charge in [-0.25, -0.2) is 22.0 Å². The lowest BCUT2D eigenvalue weighted by Gasteiger charge is -2.09. The van der Waals surface area contributed by atoms with Crippen LogP contribution in [0.25, 0.3) is 6.08 Å². The molecule has 0 aliphatic carbocycles. The lowest BCUT2D eigenvalue weighted by Crippen LogP contribution is -2.11. The molecule has 2 aromatic carbocycles. The van der Waals surface area contributed by atoms with Gasteiger partial charge in [0.05, 0.1) is 5.56 Å². The lowest BCUT2D eigenvalue weighted by molar-refractivity contribution is 0.372. The van der Waals surface area contributed by atoms with E-state index in [1.54, 1.807) is 24.3 Å². The third kappa shape index (κ3) is 4.04. The summed E-state index contributed by atoms with van der Waals surface area (Å²) in [5.74, 6) is -11.2. The Bertz CT molecular complexity index is 720. The molecule has 23 heavy (non-hydrogen) atoms. The van der Waals surface area contributed by atoms with Gasteiger partial charge in [-0.3, -0.25) is 0 Å². The van der Waals surface area contributed by atoms with E-state index >= 15 is 0 Å². The fourth-order valence-corrected chi connectivity index (χ4v) is 2.76. The molecule has 1 atom stereocenters. The van der Waals surface area contributed by atoms with Gasteiger partial charge in [-0.1, -0.05) is 23.7 Å². The molecule has 2 aromatic rings. The van der Waals surface area contributed by atoms with Crippen molar-refractivity contribution in [3.63, 3.8) is 0 Å². The number of benzene rings is 2. The van der Waals surface area contributed by atoms with E-state index in [1.807, 2.05) is 0 Å². The van der Waals surface area contributed by atoms with Crippen molar-refractivity contribution in [1.29, 1.82) is 0 Å². The maximum atomic E-state index is 13.5. The predicted molar refractivity (Wildman–Crippen MR) is 78.6 cm³/mol. The van der Waals surface area contributed by atoms with Crippen molar-refractivity contribution in [3.8, 4) is 0 Å². The maximum Gasteiger partial charge on any atom is 0.200 e. The topological polar surface area (TPSA) is 23.1 Å². The molecule has 0 N–H and O–H groups in total. The largest absolute Gasteiger partial charge is 0.612 e. The first kappa shape index (κ1) is 17.8. The van der Waals surface area contributed by atoms with Crippen LogP contribution in [0.2, 0.25) is 5.02 Å². The van der Waals surface area contributed by atoms with E-state index in [0.29, 0.717) is 10.6 Å². The fourth-order valence-electron chi connectivity index (χ4n) is 1.70. The monoisotopic (exact) mass is 366 g/mol. The fraction of sp³-hybridized carbons (Fsp3) is 0.0667. The first-order valence-corrected chi connectivity index (χ1v) is 7.88. The highest BCUT2D eigenvalue weighted by atomic mass is 35.5. The molecule has 0 aliphatic heterocycles. The summed E-state index contributed by atoms with van der Waals surface area (Å²) in [6.45, 7) is 0. The molecule has 0 fully saturated rings. The molecule has 122 valence electrons. The van der Waals surface area contributed by atoms with E-state index in [-0.39, 0.29) is 0 Å². The van der Waals surface area contributed by atoms with Crippen molar-refractivity contribution in [3.05, 3.63) is 74.9 Å². The summed E-state index contributed by atoms with van der Waals surface area (Å²) < 4.78 is 77.8. The van der Waals surface area contributed by atoms with Crippen molar-refractivity contribution in [2.24, 2.45) is 0 Å². The molecular formula is C15H8ClF5OS. The van der Waals surface area contributed by atoms with Crippen LogP contribution in [0.5, 0.6) is 0 Å². The molecule has 0 saturated heterocycles. The molecule has 0 spiro atoms. The van der Waals surface area contributed by atoms with Crippen LogP contribution >= 0.6 is 11.6 Å². The Balaban J connectivity index is 2.20. The summed E-state index contributed by atoms with van der Waals surface area (Å²) in [5, 5.41) is 1.59. The highest BCUT2D eigenvalue weighted by molar-refractivity contribution is 7.93. The van der Waals surface area contributed by atoms with Crippen molar-refractivity contribution >= 4 is 28.9 Å². The zero-order valence-electron chi connectivity index (χ0n) is 11.3. The molecule has 0 amide bonds. The highest BCUT2D eigenvalue weighted by Gasteiger charge is 2.27. The Morgan fingerprint density at radius 2 is 1.35 bits per heavy atom. The van der Waals surface area contributed by atoms with Crippen LogP contribution in [0.1, 0.15) is 11.1 Å². The highest BCUT2D eigenvalue weighted by Crippen LogP contribution is 2.25. The van der Waals surface area contributed by atoms with E-state index in [2.05, 4.69) is 0 Å². The first-order valence-electron chi connectivity index (χ1n) is 6.12. The third-order valence-corrected chi connectivity index (χ3v) is 4.13. The first-order chi connectivity index (χ1) is 10.8. The average molecular weight is 367 g/mol. The Hall–Kier alpha value is -1.57. The van der Waals surface area contributed by atoms with Gasteiger partial charge in [0.15, 0.2) is 23.3 Å². The van der Waals surface area contributed by atoms with Crippen LogP contribution in [0.3, 0.4) is 0 Å². The van der Waals surface area contributed by atoms with Gasteiger partial charge in [-0.15, -0.1) is 0 Å². The molecule has 0 aliphatic rings. The van der Waals surface area contributed by atoms with Crippen LogP contribution in [-0.2, 0) is 16.9 Å². The molecule has 2 rings (SSSR count). The molecule has 0 heterocycles. The number of halogens is 6. The van der Waals surface area contributed by atoms with E-state index in [4.69, 9.17) is 11.6 Å². The van der Waals surface area contributed by atoms with Gasteiger partial charge in [0.2, 0.25) is 5.82 Å². The van der Waals surface area contributed by atoms with Gasteiger partial charge in [0, 0.05) is 5.02 Å². The van der Waals surface area contributed by atoms with E-state index in [9.17, 15) is 26.5 Å². The van der Waals surface area contributed by atoms with Gasteiger partial charge in [0.25, 0.3) is 0 Å². The molecule has 0 bridgehead atoms. The normalized spacial score (nSPS) is 12.8.